The lowest BCUT2D eigenvalue weighted by atomic mass is 9.74. The van der Waals surface area contributed by atoms with Crippen LogP contribution in [-0.2, 0) is 29.8 Å². The van der Waals surface area contributed by atoms with Crippen LogP contribution >= 0.6 is 0 Å². The second kappa shape index (κ2) is 9.81. The number of halogens is 1. The number of nitrogens with zero attached hydrogens (tertiary/aromatic N) is 4. The van der Waals surface area contributed by atoms with Crippen molar-refractivity contribution in [2.24, 2.45) is 0 Å². The third-order valence-corrected chi connectivity index (χ3v) is 10.1. The third-order valence-electron chi connectivity index (χ3n) is 10.1. The number of hydrogen-bond acceptors (Lipinski definition) is 8. The molecule has 216 valence electrons. The monoisotopic (exact) mass is 551 g/mol. The number of aryl methyl sites for hydroxylation is 1. The van der Waals surface area contributed by atoms with Gasteiger partial charge in [-0.05, 0) is 88.1 Å². The Bertz CT molecular complexity index is 1290. The molecule has 3 N–H and O–H groups in total. The predicted octanol–water partition coefficient (Wildman–Crippen LogP) is 4.06. The van der Waals surface area contributed by atoms with Gasteiger partial charge in [-0.3, -0.25) is 4.90 Å². The zero-order valence-corrected chi connectivity index (χ0v) is 23.6. The zero-order chi connectivity index (χ0) is 27.5. The summed E-state index contributed by atoms with van der Waals surface area (Å²) in [5.41, 5.74) is 9.84. The lowest BCUT2D eigenvalue weighted by molar-refractivity contribution is -0.0855. The standard InChI is InChI=1S/C31H42FN5O3/c1-29(38)9-2-3-12-36(19-29)27-24-18-40-31(11-4-6-21-7-8-23(33)14-25(21)31)16-26(24)34-28(35-27)39-20-30-10-5-13-37(30)17-22(32)15-30/h7-8,14,22,38H,2-6,9-13,15-20,33H2,1H3. The lowest BCUT2D eigenvalue weighted by Gasteiger charge is -2.43. The number of nitrogens with two attached hydrogens (primary N) is 1. The van der Waals surface area contributed by atoms with Gasteiger partial charge in [-0.25, -0.2) is 4.39 Å². The summed E-state index contributed by atoms with van der Waals surface area (Å²) in [5, 5.41) is 11.1. The second-order valence-electron chi connectivity index (χ2n) is 13.2. The minimum Gasteiger partial charge on any atom is -0.461 e. The number of rotatable bonds is 4. The first-order valence-electron chi connectivity index (χ1n) is 15.2. The van der Waals surface area contributed by atoms with E-state index in [1.807, 2.05) is 13.0 Å². The quantitative estimate of drug-likeness (QED) is 0.550. The molecule has 40 heavy (non-hydrogen) atoms. The maximum Gasteiger partial charge on any atom is 0.318 e. The molecule has 0 saturated carbocycles. The van der Waals surface area contributed by atoms with Crippen LogP contribution in [-0.4, -0.2) is 70.1 Å². The molecular formula is C31H42FN5O3. The van der Waals surface area contributed by atoms with Crippen LogP contribution in [0.4, 0.5) is 15.9 Å². The fourth-order valence-corrected chi connectivity index (χ4v) is 8.12. The van der Waals surface area contributed by atoms with Crippen molar-refractivity contribution in [2.75, 3.05) is 43.4 Å². The number of alkyl halides is 1. The summed E-state index contributed by atoms with van der Waals surface area (Å²) >= 11 is 0. The summed E-state index contributed by atoms with van der Waals surface area (Å²) in [6.07, 6.45) is 8.03. The molecule has 5 heterocycles. The molecule has 8 nitrogen and oxygen atoms in total. The number of hydrogen-bond donors (Lipinski definition) is 2. The van der Waals surface area contributed by atoms with Crippen molar-refractivity contribution in [1.82, 2.24) is 14.9 Å². The van der Waals surface area contributed by atoms with Crippen molar-refractivity contribution in [1.29, 1.82) is 0 Å². The van der Waals surface area contributed by atoms with E-state index in [-0.39, 0.29) is 5.54 Å². The van der Waals surface area contributed by atoms with Crippen molar-refractivity contribution in [2.45, 2.75) is 101 Å². The van der Waals surface area contributed by atoms with E-state index < -0.39 is 17.4 Å². The average Bonchev–Trinajstić information content (AvgIpc) is 3.38. The van der Waals surface area contributed by atoms with Gasteiger partial charge in [0.25, 0.3) is 0 Å². The van der Waals surface area contributed by atoms with Gasteiger partial charge in [0.1, 0.15) is 18.6 Å². The van der Waals surface area contributed by atoms with Gasteiger partial charge in [-0.2, -0.15) is 9.97 Å². The topological polar surface area (TPSA) is 97.0 Å². The number of benzene rings is 1. The molecule has 0 radical (unpaired) electrons. The number of β-amino-alcohol motifs (C(OH)–C–C–N with tert-alkyl or cyclic N) is 1. The van der Waals surface area contributed by atoms with Crippen LogP contribution in [0.2, 0.25) is 0 Å². The van der Waals surface area contributed by atoms with E-state index in [1.54, 1.807) is 0 Å². The highest BCUT2D eigenvalue weighted by Gasteiger charge is 2.50. The zero-order valence-electron chi connectivity index (χ0n) is 23.6. The molecule has 4 atom stereocenters. The molecule has 4 aliphatic heterocycles. The Morgan fingerprint density at radius 1 is 1.15 bits per heavy atom. The van der Waals surface area contributed by atoms with Crippen LogP contribution in [0.3, 0.4) is 0 Å². The molecule has 1 spiro atoms. The van der Waals surface area contributed by atoms with Gasteiger partial charge in [0.15, 0.2) is 0 Å². The van der Waals surface area contributed by atoms with Gasteiger partial charge >= 0.3 is 6.01 Å². The van der Waals surface area contributed by atoms with E-state index in [2.05, 4.69) is 21.9 Å². The fraction of sp³-hybridized carbons (Fsp3) is 0.677. The van der Waals surface area contributed by atoms with Gasteiger partial charge < -0.3 is 25.2 Å². The van der Waals surface area contributed by atoms with Gasteiger partial charge in [-0.1, -0.05) is 6.07 Å². The Hall–Kier alpha value is -2.49. The Balaban J connectivity index is 1.26. The number of anilines is 2. The number of ether oxygens (including phenoxy) is 2. The van der Waals surface area contributed by atoms with Gasteiger partial charge in [-0.15, -0.1) is 0 Å². The van der Waals surface area contributed by atoms with E-state index in [1.165, 1.54) is 11.1 Å². The minimum atomic E-state index is -0.806. The lowest BCUT2D eigenvalue weighted by Crippen LogP contribution is -2.44. The second-order valence-corrected chi connectivity index (χ2v) is 13.2. The van der Waals surface area contributed by atoms with E-state index in [9.17, 15) is 9.50 Å². The Morgan fingerprint density at radius 2 is 2.05 bits per heavy atom. The molecular weight excluding hydrogens is 509 g/mol. The maximum absolute atomic E-state index is 14.4. The Morgan fingerprint density at radius 3 is 2.95 bits per heavy atom. The molecule has 7 rings (SSSR count). The van der Waals surface area contributed by atoms with Crippen LogP contribution in [0.1, 0.15) is 80.7 Å². The van der Waals surface area contributed by atoms with Gasteiger partial charge in [0.05, 0.1) is 29.0 Å². The van der Waals surface area contributed by atoms with Crippen LogP contribution in [0, 0.1) is 0 Å². The summed E-state index contributed by atoms with van der Waals surface area (Å²) in [7, 11) is 0. The van der Waals surface area contributed by atoms with E-state index in [0.29, 0.717) is 45.2 Å². The highest BCUT2D eigenvalue weighted by Crippen LogP contribution is 2.47. The van der Waals surface area contributed by atoms with Crippen molar-refractivity contribution in [3.05, 3.63) is 40.6 Å². The maximum atomic E-state index is 14.4. The first-order chi connectivity index (χ1) is 19.2. The first-order valence-corrected chi connectivity index (χ1v) is 15.2. The summed E-state index contributed by atoms with van der Waals surface area (Å²) in [6.45, 7) is 5.43. The van der Waals surface area contributed by atoms with E-state index in [4.69, 9.17) is 25.2 Å². The molecule has 2 aromatic rings. The molecule has 1 aliphatic carbocycles. The van der Waals surface area contributed by atoms with Crippen LogP contribution in [0.25, 0.3) is 0 Å². The van der Waals surface area contributed by atoms with Crippen molar-refractivity contribution in [3.63, 3.8) is 0 Å². The predicted molar refractivity (Wildman–Crippen MR) is 151 cm³/mol. The van der Waals surface area contributed by atoms with Crippen LogP contribution in [0.5, 0.6) is 6.01 Å². The minimum absolute atomic E-state index is 0.269. The largest absolute Gasteiger partial charge is 0.461 e. The molecule has 3 saturated heterocycles. The molecule has 5 aliphatic rings. The highest BCUT2D eigenvalue weighted by atomic mass is 19.1. The van der Waals surface area contributed by atoms with Crippen LogP contribution in [0.15, 0.2) is 18.2 Å². The number of aliphatic hydroxyl groups is 1. The smallest absolute Gasteiger partial charge is 0.318 e. The molecule has 0 bridgehead atoms. The van der Waals surface area contributed by atoms with Gasteiger partial charge in [0.2, 0.25) is 0 Å². The summed E-state index contributed by atoms with van der Waals surface area (Å²) in [4.78, 5) is 14.4. The van der Waals surface area contributed by atoms with E-state index >= 15 is 0 Å². The van der Waals surface area contributed by atoms with Gasteiger partial charge in [0, 0.05) is 43.7 Å². The molecule has 1 aromatic heterocycles. The van der Waals surface area contributed by atoms with Crippen LogP contribution < -0.4 is 15.4 Å². The Labute approximate surface area is 236 Å². The Kier molecular flexibility index (Phi) is 6.48. The summed E-state index contributed by atoms with van der Waals surface area (Å²) < 4.78 is 27.6. The van der Waals surface area contributed by atoms with Crippen molar-refractivity contribution < 1.29 is 19.0 Å². The number of aromatic nitrogens is 2. The van der Waals surface area contributed by atoms with Crippen molar-refractivity contribution >= 4 is 11.5 Å². The molecule has 9 heteroatoms. The number of fused-ring (bicyclic) bond motifs is 4. The first kappa shape index (κ1) is 26.4. The normalized spacial score (nSPS) is 33.9. The summed E-state index contributed by atoms with van der Waals surface area (Å²) in [5.74, 6) is 0.802. The fourth-order valence-electron chi connectivity index (χ4n) is 8.12. The highest BCUT2D eigenvalue weighted by molar-refractivity contribution is 5.54. The van der Waals surface area contributed by atoms with Crippen molar-refractivity contribution in [3.8, 4) is 6.01 Å². The molecule has 3 fully saturated rings. The molecule has 4 unspecified atom stereocenters. The molecule has 0 amide bonds. The average molecular weight is 552 g/mol. The SMILES string of the molecule is CC1(O)CCCCN(c2nc(OCC34CCCN3CC(F)C4)nc3c2COC2(CCCc4ccc(N)cc42)C3)C1. The summed E-state index contributed by atoms with van der Waals surface area (Å²) in [6, 6.07) is 6.53. The van der Waals surface area contributed by atoms with E-state index in [0.717, 1.165) is 87.2 Å². The molecule has 1 aromatic carbocycles. The third kappa shape index (κ3) is 4.64. The number of nitrogen functional groups attached to an aromatic ring is 1.